The zero-order valence-corrected chi connectivity index (χ0v) is 15.1. The SMILES string of the molecule is Cc1cc(Cl)ccc1OCCCC(=O)N/N=C/CCc1ccccc1. The fraction of sp³-hybridized carbons (Fsp3) is 0.300. The van der Waals surface area contributed by atoms with Gasteiger partial charge in [0.15, 0.2) is 0 Å². The normalized spacial score (nSPS) is 10.8. The molecule has 5 heteroatoms. The average molecular weight is 359 g/mol. The highest BCUT2D eigenvalue weighted by Gasteiger charge is 2.02. The zero-order valence-electron chi connectivity index (χ0n) is 14.4. The Morgan fingerprint density at radius 2 is 2.04 bits per heavy atom. The summed E-state index contributed by atoms with van der Waals surface area (Å²) < 4.78 is 5.66. The zero-order chi connectivity index (χ0) is 17.9. The average Bonchev–Trinajstić information content (AvgIpc) is 2.61. The molecule has 0 aliphatic heterocycles. The Kier molecular flexibility index (Phi) is 7.99. The molecule has 132 valence electrons. The van der Waals surface area contributed by atoms with Crippen molar-refractivity contribution >= 4 is 23.7 Å². The summed E-state index contributed by atoms with van der Waals surface area (Å²) >= 11 is 5.90. The maximum Gasteiger partial charge on any atom is 0.240 e. The van der Waals surface area contributed by atoms with Crippen molar-refractivity contribution in [3.05, 3.63) is 64.7 Å². The van der Waals surface area contributed by atoms with Gasteiger partial charge in [0.2, 0.25) is 5.91 Å². The largest absolute Gasteiger partial charge is 0.493 e. The summed E-state index contributed by atoms with van der Waals surface area (Å²) in [7, 11) is 0. The summed E-state index contributed by atoms with van der Waals surface area (Å²) in [4.78, 5) is 11.7. The van der Waals surface area contributed by atoms with Crippen molar-refractivity contribution in [2.75, 3.05) is 6.61 Å². The second-order valence-electron chi connectivity index (χ2n) is 5.73. The molecule has 4 nitrogen and oxygen atoms in total. The summed E-state index contributed by atoms with van der Waals surface area (Å²) in [5, 5.41) is 4.66. The van der Waals surface area contributed by atoms with Crippen LogP contribution in [0.15, 0.2) is 53.6 Å². The van der Waals surface area contributed by atoms with Crippen LogP contribution in [0.3, 0.4) is 0 Å². The molecule has 0 radical (unpaired) electrons. The molecule has 2 aromatic carbocycles. The third-order valence-electron chi connectivity index (χ3n) is 3.63. The van der Waals surface area contributed by atoms with E-state index in [-0.39, 0.29) is 5.91 Å². The lowest BCUT2D eigenvalue weighted by Crippen LogP contribution is -2.18. The molecule has 25 heavy (non-hydrogen) atoms. The predicted octanol–water partition coefficient (Wildman–Crippen LogP) is 4.54. The topological polar surface area (TPSA) is 50.7 Å². The van der Waals surface area contributed by atoms with Crippen LogP contribution in [0.4, 0.5) is 0 Å². The Balaban J connectivity index is 1.57. The Morgan fingerprint density at radius 1 is 1.24 bits per heavy atom. The van der Waals surface area contributed by atoms with E-state index >= 15 is 0 Å². The number of carbonyl (C=O) groups is 1. The summed E-state index contributed by atoms with van der Waals surface area (Å²) in [6.07, 6.45) is 4.45. The number of halogens is 1. The molecule has 0 aromatic heterocycles. The molecule has 0 heterocycles. The van der Waals surface area contributed by atoms with Gasteiger partial charge in [-0.3, -0.25) is 4.79 Å². The fourth-order valence-electron chi connectivity index (χ4n) is 2.30. The van der Waals surface area contributed by atoms with Gasteiger partial charge >= 0.3 is 0 Å². The number of hydrazone groups is 1. The minimum Gasteiger partial charge on any atom is -0.493 e. The van der Waals surface area contributed by atoms with E-state index < -0.39 is 0 Å². The lowest BCUT2D eigenvalue weighted by Gasteiger charge is -2.08. The second kappa shape index (κ2) is 10.5. The number of aryl methyl sites for hydroxylation is 2. The van der Waals surface area contributed by atoms with E-state index in [9.17, 15) is 4.79 Å². The van der Waals surface area contributed by atoms with Crippen molar-refractivity contribution in [1.82, 2.24) is 5.43 Å². The monoisotopic (exact) mass is 358 g/mol. The van der Waals surface area contributed by atoms with Crippen LogP contribution in [0.25, 0.3) is 0 Å². The van der Waals surface area contributed by atoms with Gasteiger partial charge in [0.1, 0.15) is 5.75 Å². The molecule has 0 aliphatic carbocycles. The van der Waals surface area contributed by atoms with Gasteiger partial charge in [-0.25, -0.2) is 5.43 Å². The highest BCUT2D eigenvalue weighted by Crippen LogP contribution is 2.21. The quantitative estimate of drug-likeness (QED) is 0.406. The maximum absolute atomic E-state index is 11.7. The van der Waals surface area contributed by atoms with Gasteiger partial charge < -0.3 is 4.74 Å². The van der Waals surface area contributed by atoms with Crippen LogP contribution >= 0.6 is 11.6 Å². The molecular formula is C20H23ClN2O2. The third kappa shape index (κ3) is 7.40. The molecule has 0 spiro atoms. The molecular weight excluding hydrogens is 336 g/mol. The Hall–Kier alpha value is -2.33. The number of carbonyl (C=O) groups excluding carboxylic acids is 1. The van der Waals surface area contributed by atoms with Crippen molar-refractivity contribution in [3.63, 3.8) is 0 Å². The molecule has 0 unspecified atom stereocenters. The van der Waals surface area contributed by atoms with Crippen LogP contribution in [-0.2, 0) is 11.2 Å². The van der Waals surface area contributed by atoms with Crippen molar-refractivity contribution in [3.8, 4) is 5.75 Å². The first kappa shape index (κ1) is 19.0. The summed E-state index contributed by atoms with van der Waals surface area (Å²) in [5.74, 6) is 0.691. The van der Waals surface area contributed by atoms with Crippen molar-refractivity contribution in [2.45, 2.75) is 32.6 Å². The van der Waals surface area contributed by atoms with E-state index in [1.54, 1.807) is 12.3 Å². The van der Waals surface area contributed by atoms with Crippen LogP contribution < -0.4 is 10.2 Å². The Morgan fingerprint density at radius 3 is 2.80 bits per heavy atom. The van der Waals surface area contributed by atoms with Crippen molar-refractivity contribution in [1.29, 1.82) is 0 Å². The van der Waals surface area contributed by atoms with Gasteiger partial charge in [-0.2, -0.15) is 5.10 Å². The number of benzene rings is 2. The van der Waals surface area contributed by atoms with Crippen molar-refractivity contribution in [2.24, 2.45) is 5.10 Å². The number of hydrogen-bond donors (Lipinski definition) is 1. The summed E-state index contributed by atoms with van der Waals surface area (Å²) in [6, 6.07) is 15.7. The van der Waals surface area contributed by atoms with E-state index in [1.165, 1.54) is 5.56 Å². The number of rotatable bonds is 9. The van der Waals surface area contributed by atoms with Gasteiger partial charge in [-0.15, -0.1) is 0 Å². The van der Waals surface area contributed by atoms with Gasteiger partial charge in [0.05, 0.1) is 6.61 Å². The van der Waals surface area contributed by atoms with E-state index in [0.29, 0.717) is 24.5 Å². The van der Waals surface area contributed by atoms with Crippen LogP contribution in [0.2, 0.25) is 5.02 Å². The first-order valence-corrected chi connectivity index (χ1v) is 8.76. The molecule has 0 fully saturated rings. The second-order valence-corrected chi connectivity index (χ2v) is 6.17. The molecule has 1 amide bonds. The van der Waals surface area contributed by atoms with Crippen LogP contribution in [0, 0.1) is 6.92 Å². The maximum atomic E-state index is 11.7. The number of ether oxygens (including phenoxy) is 1. The smallest absolute Gasteiger partial charge is 0.240 e. The lowest BCUT2D eigenvalue weighted by atomic mass is 10.1. The highest BCUT2D eigenvalue weighted by molar-refractivity contribution is 6.30. The Labute approximate surface area is 153 Å². The van der Waals surface area contributed by atoms with Crippen LogP contribution in [-0.4, -0.2) is 18.7 Å². The standard InChI is InChI=1S/C20H23ClN2O2/c1-16-15-18(21)11-12-19(16)25-14-6-10-20(24)23-22-13-5-9-17-7-3-2-4-8-17/h2-4,7-8,11-13,15H,5-6,9-10,14H2,1H3,(H,23,24)/b22-13+. The number of nitrogens with one attached hydrogen (secondary N) is 1. The van der Waals surface area contributed by atoms with Crippen LogP contribution in [0.1, 0.15) is 30.4 Å². The molecule has 0 saturated heterocycles. The molecule has 1 N–H and O–H groups in total. The first-order valence-electron chi connectivity index (χ1n) is 8.38. The van der Waals surface area contributed by atoms with Gasteiger partial charge in [-0.1, -0.05) is 41.9 Å². The summed E-state index contributed by atoms with van der Waals surface area (Å²) in [6.45, 7) is 2.42. The van der Waals surface area contributed by atoms with Gasteiger partial charge in [-0.05, 0) is 55.5 Å². The Bertz CT molecular complexity index is 702. The summed E-state index contributed by atoms with van der Waals surface area (Å²) in [5.41, 5.74) is 4.79. The van der Waals surface area contributed by atoms with E-state index in [4.69, 9.17) is 16.3 Å². The number of amides is 1. The van der Waals surface area contributed by atoms with E-state index in [2.05, 4.69) is 22.7 Å². The molecule has 2 aromatic rings. The van der Waals surface area contributed by atoms with Crippen LogP contribution in [0.5, 0.6) is 5.75 Å². The third-order valence-corrected chi connectivity index (χ3v) is 3.86. The molecule has 0 aliphatic rings. The van der Waals surface area contributed by atoms with Gasteiger partial charge in [0, 0.05) is 17.7 Å². The number of hydrogen-bond acceptors (Lipinski definition) is 3. The molecule has 0 atom stereocenters. The number of nitrogens with zero attached hydrogens (tertiary/aromatic N) is 1. The predicted molar refractivity (Wildman–Crippen MR) is 102 cm³/mol. The molecule has 0 bridgehead atoms. The minimum atomic E-state index is -0.104. The fourth-order valence-corrected chi connectivity index (χ4v) is 2.53. The van der Waals surface area contributed by atoms with E-state index in [1.807, 2.05) is 37.3 Å². The van der Waals surface area contributed by atoms with Crippen molar-refractivity contribution < 1.29 is 9.53 Å². The minimum absolute atomic E-state index is 0.104. The van der Waals surface area contributed by atoms with Gasteiger partial charge in [0.25, 0.3) is 0 Å². The molecule has 0 saturated carbocycles. The lowest BCUT2D eigenvalue weighted by molar-refractivity contribution is -0.121. The highest BCUT2D eigenvalue weighted by atomic mass is 35.5. The van der Waals surface area contributed by atoms with E-state index in [0.717, 1.165) is 24.2 Å². The molecule has 2 rings (SSSR count). The first-order chi connectivity index (χ1) is 12.1.